The highest BCUT2D eigenvalue weighted by atomic mass is 16.4. The average molecular weight is 277 g/mol. The van der Waals surface area contributed by atoms with Crippen molar-refractivity contribution < 1.29 is 5.21 Å². The van der Waals surface area contributed by atoms with Gasteiger partial charge in [-0.15, -0.1) is 0 Å². The summed E-state index contributed by atoms with van der Waals surface area (Å²) in [5.41, 5.74) is 6.32. The molecule has 0 amide bonds. The van der Waals surface area contributed by atoms with Crippen molar-refractivity contribution in [2.75, 3.05) is 38.6 Å². The van der Waals surface area contributed by atoms with Crippen molar-refractivity contribution in [1.82, 2.24) is 9.88 Å². The first kappa shape index (κ1) is 14.6. The molecule has 1 aromatic rings. The van der Waals surface area contributed by atoms with Gasteiger partial charge in [0.05, 0.1) is 0 Å². The third-order valence-electron chi connectivity index (χ3n) is 3.71. The summed E-state index contributed by atoms with van der Waals surface area (Å²) < 4.78 is 0. The van der Waals surface area contributed by atoms with Crippen LogP contribution in [-0.4, -0.2) is 54.7 Å². The lowest BCUT2D eigenvalue weighted by molar-refractivity contribution is 0.284. The maximum Gasteiger partial charge on any atom is 0.170 e. The molecule has 1 aliphatic rings. The number of rotatable bonds is 4. The van der Waals surface area contributed by atoms with Crippen LogP contribution >= 0.6 is 0 Å². The molecule has 2 heterocycles. The van der Waals surface area contributed by atoms with Gasteiger partial charge in [-0.05, 0) is 45.0 Å². The molecule has 1 aliphatic heterocycles. The lowest BCUT2D eigenvalue weighted by atomic mass is 9.96. The van der Waals surface area contributed by atoms with Crippen LogP contribution in [0.5, 0.6) is 0 Å². The highest BCUT2D eigenvalue weighted by Crippen LogP contribution is 2.22. The van der Waals surface area contributed by atoms with E-state index in [0.29, 0.717) is 5.56 Å². The van der Waals surface area contributed by atoms with Gasteiger partial charge >= 0.3 is 0 Å². The van der Waals surface area contributed by atoms with Crippen LogP contribution in [-0.2, 0) is 0 Å². The summed E-state index contributed by atoms with van der Waals surface area (Å²) in [6.07, 6.45) is 4.05. The number of hydrogen-bond acceptors (Lipinski definition) is 5. The number of pyridine rings is 1. The highest BCUT2D eigenvalue weighted by molar-refractivity contribution is 5.97. The molecule has 6 nitrogen and oxygen atoms in total. The third-order valence-corrected chi connectivity index (χ3v) is 3.71. The van der Waals surface area contributed by atoms with Gasteiger partial charge in [-0.1, -0.05) is 5.16 Å². The number of nitrogens with zero attached hydrogens (tertiary/aromatic N) is 4. The molecular weight excluding hydrogens is 254 g/mol. The number of hydrogen-bond donors (Lipinski definition) is 2. The quantitative estimate of drug-likeness (QED) is 0.371. The van der Waals surface area contributed by atoms with Crippen molar-refractivity contribution in [2.24, 2.45) is 16.8 Å². The summed E-state index contributed by atoms with van der Waals surface area (Å²) in [5, 5.41) is 11.8. The molecule has 2 rings (SSSR count). The zero-order chi connectivity index (χ0) is 14.5. The fourth-order valence-corrected chi connectivity index (χ4v) is 2.67. The second-order valence-corrected chi connectivity index (χ2v) is 5.58. The fourth-order valence-electron chi connectivity index (χ4n) is 2.67. The number of amidine groups is 1. The predicted octanol–water partition coefficient (Wildman–Crippen LogP) is 0.954. The van der Waals surface area contributed by atoms with Crippen molar-refractivity contribution in [3.63, 3.8) is 0 Å². The Kier molecular flexibility index (Phi) is 4.79. The molecule has 110 valence electrons. The van der Waals surface area contributed by atoms with E-state index in [1.54, 1.807) is 12.3 Å². The standard InChI is InChI=1S/C14H23N5O/c1-18(2)10-11-4-7-19(8-5-11)13-9-12(3-6-16-13)14(15)17-20/h3,6,9,11,20H,4-5,7-8,10H2,1-2H3,(H2,15,17). The highest BCUT2D eigenvalue weighted by Gasteiger charge is 2.20. The maximum atomic E-state index is 8.73. The van der Waals surface area contributed by atoms with E-state index in [1.807, 2.05) is 6.07 Å². The molecule has 0 saturated carbocycles. The summed E-state index contributed by atoms with van der Waals surface area (Å²) in [6, 6.07) is 3.62. The van der Waals surface area contributed by atoms with Gasteiger partial charge in [0, 0.05) is 31.4 Å². The van der Waals surface area contributed by atoms with E-state index in [4.69, 9.17) is 10.9 Å². The lowest BCUT2D eigenvalue weighted by Crippen LogP contribution is -2.37. The molecule has 6 heteroatoms. The van der Waals surface area contributed by atoms with E-state index < -0.39 is 0 Å². The Morgan fingerprint density at radius 2 is 2.20 bits per heavy atom. The predicted molar refractivity (Wildman–Crippen MR) is 80.2 cm³/mol. The van der Waals surface area contributed by atoms with Crippen LogP contribution in [0.3, 0.4) is 0 Å². The molecule has 0 radical (unpaired) electrons. The van der Waals surface area contributed by atoms with Crippen LogP contribution in [0.1, 0.15) is 18.4 Å². The number of anilines is 1. The first-order valence-electron chi connectivity index (χ1n) is 6.93. The van der Waals surface area contributed by atoms with Crippen LogP contribution in [0.2, 0.25) is 0 Å². The van der Waals surface area contributed by atoms with E-state index in [-0.39, 0.29) is 5.84 Å². The number of nitrogens with two attached hydrogens (primary N) is 1. The Bertz CT molecular complexity index is 466. The van der Waals surface area contributed by atoms with Crippen molar-refractivity contribution in [3.05, 3.63) is 23.9 Å². The Morgan fingerprint density at radius 1 is 1.50 bits per heavy atom. The van der Waals surface area contributed by atoms with Crippen molar-refractivity contribution >= 4 is 11.7 Å². The molecule has 3 N–H and O–H groups in total. The minimum absolute atomic E-state index is 0.121. The van der Waals surface area contributed by atoms with E-state index >= 15 is 0 Å². The van der Waals surface area contributed by atoms with E-state index in [2.05, 4.69) is 34.0 Å². The van der Waals surface area contributed by atoms with Crippen molar-refractivity contribution in [3.8, 4) is 0 Å². The van der Waals surface area contributed by atoms with Crippen LogP contribution in [0.4, 0.5) is 5.82 Å². The molecule has 0 atom stereocenters. The van der Waals surface area contributed by atoms with Gasteiger partial charge < -0.3 is 20.7 Å². The molecule has 1 fully saturated rings. The topological polar surface area (TPSA) is 78.0 Å². The zero-order valence-corrected chi connectivity index (χ0v) is 12.2. The Labute approximate surface area is 119 Å². The van der Waals surface area contributed by atoms with Gasteiger partial charge in [0.1, 0.15) is 5.82 Å². The first-order valence-corrected chi connectivity index (χ1v) is 6.93. The molecular formula is C14H23N5O. The van der Waals surface area contributed by atoms with Gasteiger partial charge in [0.15, 0.2) is 5.84 Å². The van der Waals surface area contributed by atoms with Gasteiger partial charge in [0.2, 0.25) is 0 Å². The second kappa shape index (κ2) is 6.56. The SMILES string of the molecule is CN(C)CC1CCN(c2cc(C(N)=NO)ccn2)CC1. The molecule has 0 spiro atoms. The summed E-state index contributed by atoms with van der Waals surface area (Å²) in [6.45, 7) is 3.15. The summed E-state index contributed by atoms with van der Waals surface area (Å²) in [5.74, 6) is 1.78. The van der Waals surface area contributed by atoms with E-state index in [0.717, 1.165) is 31.4 Å². The smallest absolute Gasteiger partial charge is 0.170 e. The van der Waals surface area contributed by atoms with E-state index in [9.17, 15) is 0 Å². The number of oxime groups is 1. The summed E-state index contributed by atoms with van der Waals surface area (Å²) in [7, 11) is 4.24. The van der Waals surface area contributed by atoms with Gasteiger partial charge in [0.25, 0.3) is 0 Å². The largest absolute Gasteiger partial charge is 0.409 e. The molecule has 0 aromatic carbocycles. The monoisotopic (exact) mass is 277 g/mol. The van der Waals surface area contributed by atoms with Crippen LogP contribution in [0.25, 0.3) is 0 Å². The molecule has 1 aromatic heterocycles. The van der Waals surface area contributed by atoms with Gasteiger partial charge in [-0.2, -0.15) is 0 Å². The lowest BCUT2D eigenvalue weighted by Gasteiger charge is -2.34. The average Bonchev–Trinajstić information content (AvgIpc) is 2.47. The van der Waals surface area contributed by atoms with Gasteiger partial charge in [-0.3, -0.25) is 0 Å². The van der Waals surface area contributed by atoms with E-state index in [1.165, 1.54) is 12.8 Å². The van der Waals surface area contributed by atoms with Crippen LogP contribution in [0.15, 0.2) is 23.5 Å². The molecule has 0 bridgehead atoms. The third kappa shape index (κ3) is 3.60. The minimum atomic E-state index is 0.121. The number of piperidine rings is 1. The second-order valence-electron chi connectivity index (χ2n) is 5.58. The van der Waals surface area contributed by atoms with Crippen molar-refractivity contribution in [1.29, 1.82) is 0 Å². The van der Waals surface area contributed by atoms with Crippen LogP contribution < -0.4 is 10.6 Å². The minimum Gasteiger partial charge on any atom is -0.409 e. The summed E-state index contributed by atoms with van der Waals surface area (Å²) in [4.78, 5) is 8.90. The van der Waals surface area contributed by atoms with Crippen LogP contribution in [0, 0.1) is 5.92 Å². The normalized spacial score (nSPS) is 17.8. The summed E-state index contributed by atoms with van der Waals surface area (Å²) >= 11 is 0. The Morgan fingerprint density at radius 3 is 2.80 bits per heavy atom. The molecule has 0 aliphatic carbocycles. The zero-order valence-electron chi connectivity index (χ0n) is 12.2. The van der Waals surface area contributed by atoms with Crippen molar-refractivity contribution in [2.45, 2.75) is 12.8 Å². The Hall–Kier alpha value is -1.82. The fraction of sp³-hybridized carbons (Fsp3) is 0.571. The maximum absolute atomic E-state index is 8.73. The molecule has 1 saturated heterocycles. The first-order chi connectivity index (χ1) is 9.60. The molecule has 20 heavy (non-hydrogen) atoms. The van der Waals surface area contributed by atoms with Gasteiger partial charge in [-0.25, -0.2) is 4.98 Å². The Balaban J connectivity index is 2.00. The molecule has 0 unspecified atom stereocenters. The number of aromatic nitrogens is 1.